The lowest BCUT2D eigenvalue weighted by Gasteiger charge is -2.34. The summed E-state index contributed by atoms with van der Waals surface area (Å²) in [7, 11) is 0. The fraction of sp³-hybridized carbons (Fsp3) is 0.531. The van der Waals surface area contributed by atoms with Gasteiger partial charge in [0.15, 0.2) is 0 Å². The van der Waals surface area contributed by atoms with Gasteiger partial charge in [0.25, 0.3) is 0 Å². The number of nitrogens with one attached hydrogen (secondary N) is 4. The number of ether oxygens (including phenoxy) is 1. The SMILES string of the molecule is CC[C@H](C)[C@@H]1NCCOc2ccc(F)cc2CCCNC(=O)[C@H](Cc2cccc(Cl)c2)NC(=O)C2(CCCC2)NC1=O. The largest absolute Gasteiger partial charge is 0.492 e. The summed E-state index contributed by atoms with van der Waals surface area (Å²) in [6.45, 7) is 5.03. The summed E-state index contributed by atoms with van der Waals surface area (Å²) in [4.78, 5) is 41.0. The van der Waals surface area contributed by atoms with Crippen LogP contribution in [0, 0.1) is 11.7 Å². The van der Waals surface area contributed by atoms with Gasteiger partial charge in [0, 0.05) is 24.5 Å². The maximum atomic E-state index is 14.1. The van der Waals surface area contributed by atoms with Crippen molar-refractivity contribution in [3.63, 3.8) is 0 Å². The van der Waals surface area contributed by atoms with Gasteiger partial charge in [0.2, 0.25) is 17.7 Å². The highest BCUT2D eigenvalue weighted by Gasteiger charge is 2.45. The predicted molar refractivity (Wildman–Crippen MR) is 161 cm³/mol. The van der Waals surface area contributed by atoms with Crippen molar-refractivity contribution in [3.05, 3.63) is 64.4 Å². The molecule has 1 heterocycles. The third-order valence-electron chi connectivity index (χ3n) is 8.37. The standard InChI is InChI=1S/C32H42ClFN4O4/c1-3-21(2)28-30(40)38-32(13-4-5-14-32)31(41)37-26(19-22-8-6-10-24(33)18-22)29(39)36-15-7-9-23-20-25(34)11-12-27(23)42-17-16-35-28/h6,8,10-12,18,20-21,26,28,35H,3-5,7,9,13-17,19H2,1-2H3,(H,36,39)(H,37,41)(H,38,40)/t21-,26-,28-/m0/s1. The number of aryl methyl sites for hydroxylation is 1. The number of carbonyl (C=O) groups excluding carboxylic acids is 3. The number of hydrogen-bond donors (Lipinski definition) is 4. The van der Waals surface area contributed by atoms with Crippen LogP contribution in [0.25, 0.3) is 0 Å². The molecule has 0 saturated heterocycles. The minimum atomic E-state index is -1.09. The van der Waals surface area contributed by atoms with E-state index in [1.807, 2.05) is 19.9 Å². The first kappa shape index (κ1) is 31.8. The molecular weight excluding hydrogens is 559 g/mol. The average Bonchev–Trinajstić information content (AvgIpc) is 3.44. The van der Waals surface area contributed by atoms with E-state index in [1.54, 1.807) is 24.3 Å². The molecule has 0 aromatic heterocycles. The molecule has 4 N–H and O–H groups in total. The van der Waals surface area contributed by atoms with Gasteiger partial charge in [0.05, 0.1) is 6.04 Å². The first-order valence-corrected chi connectivity index (χ1v) is 15.4. The Labute approximate surface area is 252 Å². The summed E-state index contributed by atoms with van der Waals surface area (Å²) < 4.78 is 20.0. The molecule has 0 bridgehead atoms. The molecule has 228 valence electrons. The molecule has 8 nitrogen and oxygen atoms in total. The summed E-state index contributed by atoms with van der Waals surface area (Å²) in [5.74, 6) is -0.724. The van der Waals surface area contributed by atoms with Gasteiger partial charge >= 0.3 is 0 Å². The molecule has 42 heavy (non-hydrogen) atoms. The van der Waals surface area contributed by atoms with Crippen molar-refractivity contribution in [2.75, 3.05) is 19.7 Å². The molecule has 1 saturated carbocycles. The number of amides is 3. The fourth-order valence-corrected chi connectivity index (χ4v) is 5.98. The number of carbonyl (C=O) groups is 3. The van der Waals surface area contributed by atoms with Crippen LogP contribution in [0.4, 0.5) is 4.39 Å². The van der Waals surface area contributed by atoms with E-state index in [4.69, 9.17) is 16.3 Å². The second-order valence-corrected chi connectivity index (χ2v) is 11.9. The molecule has 2 aromatic carbocycles. The zero-order chi connectivity index (χ0) is 30.1. The lowest BCUT2D eigenvalue weighted by atomic mass is 9.92. The summed E-state index contributed by atoms with van der Waals surface area (Å²) in [6, 6.07) is 10.2. The maximum absolute atomic E-state index is 14.1. The van der Waals surface area contributed by atoms with E-state index in [0.29, 0.717) is 55.1 Å². The zero-order valence-electron chi connectivity index (χ0n) is 24.4. The van der Waals surface area contributed by atoms with Crippen molar-refractivity contribution >= 4 is 29.3 Å². The average molecular weight is 601 g/mol. The molecule has 2 aliphatic rings. The van der Waals surface area contributed by atoms with Gasteiger partial charge in [-0.05, 0) is 73.1 Å². The van der Waals surface area contributed by atoms with Crippen LogP contribution in [0.15, 0.2) is 42.5 Å². The van der Waals surface area contributed by atoms with Crippen LogP contribution in [0.3, 0.4) is 0 Å². The molecule has 1 aliphatic heterocycles. The van der Waals surface area contributed by atoms with Crippen LogP contribution >= 0.6 is 11.6 Å². The van der Waals surface area contributed by atoms with Gasteiger partial charge in [-0.3, -0.25) is 14.4 Å². The summed E-state index contributed by atoms with van der Waals surface area (Å²) in [5.41, 5.74) is 0.410. The lowest BCUT2D eigenvalue weighted by Crippen LogP contribution is -2.64. The van der Waals surface area contributed by atoms with Crippen molar-refractivity contribution in [3.8, 4) is 5.75 Å². The van der Waals surface area contributed by atoms with Crippen molar-refractivity contribution < 1.29 is 23.5 Å². The molecule has 3 amide bonds. The number of rotatable bonds is 4. The van der Waals surface area contributed by atoms with Crippen LogP contribution in [-0.2, 0) is 27.2 Å². The van der Waals surface area contributed by atoms with E-state index in [9.17, 15) is 18.8 Å². The van der Waals surface area contributed by atoms with Gasteiger partial charge in [-0.25, -0.2) is 4.39 Å². The number of benzene rings is 2. The van der Waals surface area contributed by atoms with Crippen LogP contribution in [0.5, 0.6) is 5.75 Å². The third kappa shape index (κ3) is 8.22. The van der Waals surface area contributed by atoms with Crippen LogP contribution < -0.4 is 26.0 Å². The molecule has 1 spiro atoms. The van der Waals surface area contributed by atoms with Gasteiger partial charge < -0.3 is 26.0 Å². The molecule has 0 radical (unpaired) electrons. The summed E-state index contributed by atoms with van der Waals surface area (Å²) in [5, 5.41) is 12.9. The number of hydrogen-bond acceptors (Lipinski definition) is 5. The zero-order valence-corrected chi connectivity index (χ0v) is 25.2. The Morgan fingerprint density at radius 1 is 1.05 bits per heavy atom. The minimum absolute atomic E-state index is 0.000141. The molecule has 1 aliphatic carbocycles. The molecule has 4 rings (SSSR count). The van der Waals surface area contributed by atoms with E-state index in [-0.39, 0.29) is 42.5 Å². The molecular formula is C32H42ClFN4O4. The van der Waals surface area contributed by atoms with Gasteiger partial charge in [-0.1, -0.05) is 56.8 Å². The second-order valence-electron chi connectivity index (χ2n) is 11.5. The quantitative estimate of drug-likeness (QED) is 0.423. The van der Waals surface area contributed by atoms with Crippen molar-refractivity contribution in [2.24, 2.45) is 5.92 Å². The molecule has 3 atom stereocenters. The highest BCUT2D eigenvalue weighted by Crippen LogP contribution is 2.31. The molecule has 0 unspecified atom stereocenters. The number of halogens is 2. The van der Waals surface area contributed by atoms with Crippen molar-refractivity contribution in [1.82, 2.24) is 21.3 Å². The van der Waals surface area contributed by atoms with Gasteiger partial charge in [-0.15, -0.1) is 0 Å². The molecule has 1 fully saturated rings. The van der Waals surface area contributed by atoms with Crippen molar-refractivity contribution in [2.45, 2.75) is 82.8 Å². The number of fused-ring (bicyclic) bond motifs is 1. The predicted octanol–water partition coefficient (Wildman–Crippen LogP) is 4.08. The maximum Gasteiger partial charge on any atom is 0.246 e. The molecule has 2 aromatic rings. The van der Waals surface area contributed by atoms with E-state index < -0.39 is 17.6 Å². The first-order chi connectivity index (χ1) is 20.2. The fourth-order valence-electron chi connectivity index (χ4n) is 5.77. The van der Waals surface area contributed by atoms with E-state index >= 15 is 0 Å². The highest BCUT2D eigenvalue weighted by atomic mass is 35.5. The van der Waals surface area contributed by atoms with E-state index in [0.717, 1.165) is 24.8 Å². The second kappa shape index (κ2) is 14.8. The highest BCUT2D eigenvalue weighted by molar-refractivity contribution is 6.30. The first-order valence-electron chi connectivity index (χ1n) is 15.0. The Morgan fingerprint density at radius 3 is 2.57 bits per heavy atom. The van der Waals surface area contributed by atoms with E-state index in [2.05, 4.69) is 21.3 Å². The van der Waals surface area contributed by atoms with Gasteiger partial charge in [-0.2, -0.15) is 0 Å². The topological polar surface area (TPSA) is 109 Å². The summed E-state index contributed by atoms with van der Waals surface area (Å²) >= 11 is 6.20. The normalized spacial score (nSPS) is 23.0. The van der Waals surface area contributed by atoms with Crippen LogP contribution in [0.2, 0.25) is 5.02 Å². The Morgan fingerprint density at radius 2 is 1.83 bits per heavy atom. The Hall–Kier alpha value is -3.17. The molecule has 10 heteroatoms. The third-order valence-corrected chi connectivity index (χ3v) is 8.60. The monoisotopic (exact) mass is 600 g/mol. The van der Waals surface area contributed by atoms with Crippen molar-refractivity contribution in [1.29, 1.82) is 0 Å². The summed E-state index contributed by atoms with van der Waals surface area (Å²) in [6.07, 6.45) is 4.64. The lowest BCUT2D eigenvalue weighted by molar-refractivity contribution is -0.137. The van der Waals surface area contributed by atoms with Crippen LogP contribution in [0.1, 0.15) is 63.5 Å². The Bertz CT molecular complexity index is 1250. The minimum Gasteiger partial charge on any atom is -0.492 e. The van der Waals surface area contributed by atoms with Crippen LogP contribution in [-0.4, -0.2) is 55.0 Å². The van der Waals surface area contributed by atoms with Gasteiger partial charge in [0.1, 0.15) is 29.8 Å². The smallest absolute Gasteiger partial charge is 0.246 e. The Balaban J connectivity index is 1.62. The van der Waals surface area contributed by atoms with E-state index in [1.165, 1.54) is 12.1 Å². The Kier molecular flexibility index (Phi) is 11.2.